The highest BCUT2D eigenvalue weighted by Gasteiger charge is 2.31. The van der Waals surface area contributed by atoms with Gasteiger partial charge in [-0.05, 0) is 94.2 Å². The quantitative estimate of drug-likeness (QED) is 0.216. The fraction of sp³-hybridized carbons (Fsp3) is 0.538. The maximum atomic E-state index is 13.2. The second-order valence-electron chi connectivity index (χ2n) is 14.7. The molecule has 256 valence electrons. The summed E-state index contributed by atoms with van der Waals surface area (Å²) in [6, 6.07) is 14.5. The van der Waals surface area contributed by atoms with E-state index in [0.717, 1.165) is 83.9 Å². The SMILES string of the molecule is CC(C)(C)O.Cc1nc(COC2CCCC2)c(-c2ccc(OCCc3ccc(F)cc3)cc2)c(N2CCC(C)(C)CC2)c1CC(=O)O. The Labute approximate surface area is 280 Å². The van der Waals surface area contributed by atoms with E-state index in [1.165, 1.54) is 25.0 Å². The number of carbonyl (C=O) groups is 1. The molecule has 3 aromatic rings. The van der Waals surface area contributed by atoms with Crippen molar-refractivity contribution < 1.29 is 28.9 Å². The van der Waals surface area contributed by atoms with Crippen LogP contribution in [0.5, 0.6) is 5.75 Å². The van der Waals surface area contributed by atoms with Crippen molar-refractivity contribution in [3.05, 3.63) is 76.9 Å². The molecular formula is C39H53FN2O5. The summed E-state index contributed by atoms with van der Waals surface area (Å²) < 4.78 is 25.6. The van der Waals surface area contributed by atoms with Crippen LogP contribution < -0.4 is 9.64 Å². The number of hydrogen-bond acceptors (Lipinski definition) is 6. The third kappa shape index (κ3) is 11.3. The van der Waals surface area contributed by atoms with E-state index in [4.69, 9.17) is 19.6 Å². The zero-order valence-corrected chi connectivity index (χ0v) is 29.1. The molecule has 5 rings (SSSR count). The van der Waals surface area contributed by atoms with E-state index < -0.39 is 11.6 Å². The number of carboxylic acid groups (broad SMARTS) is 1. The van der Waals surface area contributed by atoms with Crippen LogP contribution in [-0.4, -0.2) is 52.6 Å². The molecule has 0 radical (unpaired) electrons. The lowest BCUT2D eigenvalue weighted by molar-refractivity contribution is -0.136. The molecule has 0 spiro atoms. The Morgan fingerprint density at radius 1 is 1.02 bits per heavy atom. The second kappa shape index (κ2) is 16.1. The molecule has 2 heterocycles. The Hall–Kier alpha value is -3.49. The van der Waals surface area contributed by atoms with Crippen LogP contribution in [0.15, 0.2) is 48.5 Å². The summed E-state index contributed by atoms with van der Waals surface area (Å²) in [5.41, 5.74) is 6.10. The van der Waals surface area contributed by atoms with Gasteiger partial charge in [0.1, 0.15) is 11.6 Å². The van der Waals surface area contributed by atoms with Crippen LogP contribution in [0.2, 0.25) is 0 Å². The van der Waals surface area contributed by atoms with Gasteiger partial charge in [0.2, 0.25) is 0 Å². The van der Waals surface area contributed by atoms with Crippen molar-refractivity contribution in [2.45, 2.75) is 111 Å². The minimum Gasteiger partial charge on any atom is -0.493 e. The molecular weight excluding hydrogens is 595 g/mol. The summed E-state index contributed by atoms with van der Waals surface area (Å²) in [5, 5.41) is 18.4. The number of carboxylic acids is 1. The van der Waals surface area contributed by atoms with Gasteiger partial charge in [-0.2, -0.15) is 0 Å². The molecule has 0 atom stereocenters. The number of rotatable bonds is 11. The van der Waals surface area contributed by atoms with Gasteiger partial charge in [0.15, 0.2) is 0 Å². The van der Waals surface area contributed by atoms with Gasteiger partial charge in [-0.3, -0.25) is 9.78 Å². The molecule has 0 unspecified atom stereocenters. The number of halogens is 1. The van der Waals surface area contributed by atoms with Crippen LogP contribution in [0, 0.1) is 18.2 Å². The van der Waals surface area contributed by atoms with Crippen LogP contribution >= 0.6 is 0 Å². The maximum Gasteiger partial charge on any atom is 0.307 e. The lowest BCUT2D eigenvalue weighted by Gasteiger charge is -2.40. The molecule has 2 aromatic carbocycles. The Morgan fingerprint density at radius 2 is 1.62 bits per heavy atom. The lowest BCUT2D eigenvalue weighted by atomic mass is 9.82. The molecule has 2 fully saturated rings. The van der Waals surface area contributed by atoms with Crippen LogP contribution in [0.4, 0.5) is 10.1 Å². The summed E-state index contributed by atoms with van der Waals surface area (Å²) in [6.07, 6.45) is 7.46. The summed E-state index contributed by atoms with van der Waals surface area (Å²) in [4.78, 5) is 19.4. The number of pyridine rings is 1. The highest BCUT2D eigenvalue weighted by atomic mass is 19.1. The third-order valence-corrected chi connectivity index (χ3v) is 8.79. The minimum absolute atomic E-state index is 0.0740. The lowest BCUT2D eigenvalue weighted by Crippen LogP contribution is -2.38. The monoisotopic (exact) mass is 648 g/mol. The van der Waals surface area contributed by atoms with Gasteiger partial charge < -0.3 is 24.6 Å². The van der Waals surface area contributed by atoms with E-state index in [-0.39, 0.29) is 23.8 Å². The summed E-state index contributed by atoms with van der Waals surface area (Å²) in [7, 11) is 0. The van der Waals surface area contributed by atoms with Gasteiger partial charge in [-0.15, -0.1) is 0 Å². The number of aromatic nitrogens is 1. The fourth-order valence-electron chi connectivity index (χ4n) is 6.15. The molecule has 0 bridgehead atoms. The summed E-state index contributed by atoms with van der Waals surface area (Å²) in [5.74, 6) is -0.353. The van der Waals surface area contributed by atoms with Gasteiger partial charge >= 0.3 is 5.97 Å². The average Bonchev–Trinajstić information content (AvgIpc) is 3.52. The predicted molar refractivity (Wildman–Crippen MR) is 186 cm³/mol. The highest BCUT2D eigenvalue weighted by Crippen LogP contribution is 2.42. The van der Waals surface area contributed by atoms with Crippen molar-refractivity contribution in [3.63, 3.8) is 0 Å². The largest absolute Gasteiger partial charge is 0.493 e. The third-order valence-electron chi connectivity index (χ3n) is 8.79. The van der Waals surface area contributed by atoms with Crippen molar-refractivity contribution in [1.82, 2.24) is 4.98 Å². The Bertz CT molecular complexity index is 1440. The fourth-order valence-corrected chi connectivity index (χ4v) is 6.15. The van der Waals surface area contributed by atoms with Gasteiger partial charge in [-0.1, -0.05) is 51.0 Å². The Balaban J connectivity index is 0.000000930. The number of aliphatic carboxylic acids is 1. The highest BCUT2D eigenvalue weighted by molar-refractivity contribution is 5.86. The molecule has 1 aliphatic carbocycles. The smallest absolute Gasteiger partial charge is 0.307 e. The van der Waals surface area contributed by atoms with Crippen molar-refractivity contribution >= 4 is 11.7 Å². The molecule has 1 aliphatic heterocycles. The molecule has 2 aliphatic rings. The first-order chi connectivity index (χ1) is 22.2. The number of hydrogen-bond donors (Lipinski definition) is 2. The first-order valence-electron chi connectivity index (χ1n) is 17.0. The number of ether oxygens (including phenoxy) is 2. The van der Waals surface area contributed by atoms with E-state index in [0.29, 0.717) is 19.6 Å². The summed E-state index contributed by atoms with van der Waals surface area (Å²) >= 11 is 0. The van der Waals surface area contributed by atoms with Crippen LogP contribution in [0.1, 0.15) is 95.7 Å². The van der Waals surface area contributed by atoms with E-state index in [1.54, 1.807) is 32.9 Å². The molecule has 47 heavy (non-hydrogen) atoms. The number of aryl methyl sites for hydroxylation is 1. The average molecular weight is 649 g/mol. The van der Waals surface area contributed by atoms with Crippen LogP contribution in [-0.2, 0) is 29.0 Å². The Morgan fingerprint density at radius 3 is 2.19 bits per heavy atom. The molecule has 8 heteroatoms. The zero-order chi connectivity index (χ0) is 34.2. The second-order valence-corrected chi connectivity index (χ2v) is 14.7. The molecule has 1 aromatic heterocycles. The molecule has 2 N–H and O–H groups in total. The maximum absolute atomic E-state index is 13.2. The van der Waals surface area contributed by atoms with Crippen molar-refractivity contribution in [2.24, 2.45) is 5.41 Å². The summed E-state index contributed by atoms with van der Waals surface area (Å²) in [6.45, 7) is 14.4. The molecule has 0 amide bonds. The van der Waals surface area contributed by atoms with Gasteiger partial charge in [0.05, 0.1) is 42.7 Å². The van der Waals surface area contributed by atoms with Crippen molar-refractivity contribution in [3.8, 4) is 16.9 Å². The van der Waals surface area contributed by atoms with Crippen LogP contribution in [0.25, 0.3) is 11.1 Å². The normalized spacial score (nSPS) is 16.5. The van der Waals surface area contributed by atoms with Crippen LogP contribution in [0.3, 0.4) is 0 Å². The molecule has 7 nitrogen and oxygen atoms in total. The predicted octanol–water partition coefficient (Wildman–Crippen LogP) is 8.31. The van der Waals surface area contributed by atoms with Gasteiger partial charge in [-0.25, -0.2) is 4.39 Å². The topological polar surface area (TPSA) is 92.1 Å². The first-order valence-corrected chi connectivity index (χ1v) is 17.0. The number of aliphatic hydroxyl groups is 1. The number of piperidine rings is 1. The molecule has 1 saturated carbocycles. The Kier molecular flexibility index (Phi) is 12.4. The van der Waals surface area contributed by atoms with E-state index in [2.05, 4.69) is 18.7 Å². The molecule has 1 saturated heterocycles. The number of anilines is 1. The van der Waals surface area contributed by atoms with Gasteiger partial charge in [0, 0.05) is 36.3 Å². The minimum atomic E-state index is -0.857. The van der Waals surface area contributed by atoms with E-state index in [9.17, 15) is 14.3 Å². The van der Waals surface area contributed by atoms with Crippen molar-refractivity contribution in [2.75, 3.05) is 24.6 Å². The van der Waals surface area contributed by atoms with Gasteiger partial charge in [0.25, 0.3) is 0 Å². The van der Waals surface area contributed by atoms with E-state index in [1.807, 2.05) is 31.2 Å². The number of nitrogens with zero attached hydrogens (tertiary/aromatic N) is 2. The van der Waals surface area contributed by atoms with Crippen molar-refractivity contribution in [1.29, 1.82) is 0 Å². The first kappa shape index (κ1) is 36.3. The van der Waals surface area contributed by atoms with E-state index >= 15 is 0 Å². The standard InChI is InChI=1S/C35H43FN2O4.C4H10O/c1-24-30(22-32(39)40)34(38-19-17-35(2,3)18-20-38)33(31(37-24)23-42-28-6-4-5-7-28)26-10-14-29(15-11-26)41-21-16-25-8-12-27(36)13-9-25;1-4(2,3)5/h8-15,28H,4-7,16-23H2,1-3H3,(H,39,40);5H,1-3H3. The zero-order valence-electron chi connectivity index (χ0n) is 29.1. The number of benzene rings is 2.